The van der Waals surface area contributed by atoms with Crippen molar-refractivity contribution < 1.29 is 24.2 Å². The number of amides is 1. The Hall–Kier alpha value is -3.32. The lowest BCUT2D eigenvalue weighted by atomic mass is 9.69. The van der Waals surface area contributed by atoms with Crippen LogP contribution in [0.1, 0.15) is 31.9 Å². The Labute approximate surface area is 175 Å². The number of benzene rings is 2. The molecule has 2 aromatic carbocycles. The Bertz CT molecular complexity index is 888. The maximum absolute atomic E-state index is 13.2. The number of hydrogen-bond donors (Lipinski definition) is 2. The molecule has 0 fully saturated rings. The van der Waals surface area contributed by atoms with Gasteiger partial charge in [0, 0.05) is 5.70 Å². The molecule has 2 N–H and O–H groups in total. The standard InChI is InChI=1S/C23H26N2O5/c1-4-29-20(26)19-16(3)25(24-22(28)30-5-2)21(27)23(19,17-12-8-6-9-13-17)18-14-10-7-11-15-18/h6-15,21,27H,4-5H2,1-3H3,(H,24,28). The number of nitrogens with zero attached hydrogens (tertiary/aromatic N) is 1. The number of allylic oxidation sites excluding steroid dienone is 1. The molecule has 0 saturated heterocycles. The molecule has 1 aliphatic heterocycles. The summed E-state index contributed by atoms with van der Waals surface area (Å²) in [6.07, 6.45) is -2.04. The van der Waals surface area contributed by atoms with E-state index >= 15 is 0 Å². The smallest absolute Gasteiger partial charge is 0.426 e. The molecule has 0 aliphatic carbocycles. The summed E-state index contributed by atoms with van der Waals surface area (Å²) in [5.74, 6) is -0.560. The molecular weight excluding hydrogens is 384 g/mol. The maximum atomic E-state index is 13.2. The quantitative estimate of drug-likeness (QED) is 0.712. The lowest BCUT2D eigenvalue weighted by molar-refractivity contribution is -0.139. The van der Waals surface area contributed by atoms with Crippen molar-refractivity contribution in [3.63, 3.8) is 0 Å². The van der Waals surface area contributed by atoms with Gasteiger partial charge >= 0.3 is 12.1 Å². The average molecular weight is 410 g/mol. The van der Waals surface area contributed by atoms with Crippen LogP contribution in [0.4, 0.5) is 4.79 Å². The van der Waals surface area contributed by atoms with Gasteiger partial charge in [-0.1, -0.05) is 60.7 Å². The summed E-state index contributed by atoms with van der Waals surface area (Å²) >= 11 is 0. The Balaban J connectivity index is 2.27. The molecule has 1 heterocycles. The molecule has 0 aromatic heterocycles. The molecule has 7 nitrogen and oxygen atoms in total. The fraction of sp³-hybridized carbons (Fsp3) is 0.304. The van der Waals surface area contributed by atoms with Crippen LogP contribution >= 0.6 is 0 Å². The Morgan fingerprint density at radius 2 is 1.47 bits per heavy atom. The minimum Gasteiger partial charge on any atom is -0.463 e. The van der Waals surface area contributed by atoms with E-state index in [1.54, 1.807) is 20.8 Å². The van der Waals surface area contributed by atoms with Crippen molar-refractivity contribution in [2.45, 2.75) is 32.4 Å². The molecule has 0 bridgehead atoms. The van der Waals surface area contributed by atoms with E-state index in [1.165, 1.54) is 5.01 Å². The summed E-state index contributed by atoms with van der Waals surface area (Å²) in [4.78, 5) is 25.3. The minimum absolute atomic E-state index is 0.172. The highest BCUT2D eigenvalue weighted by Gasteiger charge is 2.57. The molecule has 1 unspecified atom stereocenters. The largest absolute Gasteiger partial charge is 0.463 e. The van der Waals surface area contributed by atoms with Gasteiger partial charge in [0.05, 0.1) is 18.8 Å². The third kappa shape index (κ3) is 3.52. The number of carbonyl (C=O) groups is 2. The van der Waals surface area contributed by atoms with Crippen LogP contribution in [0, 0.1) is 0 Å². The molecule has 7 heteroatoms. The van der Waals surface area contributed by atoms with Crippen LogP contribution in [0.25, 0.3) is 0 Å². The molecule has 1 atom stereocenters. The number of ether oxygens (including phenoxy) is 2. The first-order valence-electron chi connectivity index (χ1n) is 9.88. The van der Waals surface area contributed by atoms with E-state index in [1.807, 2.05) is 60.7 Å². The number of aliphatic hydroxyl groups is 1. The third-order valence-corrected chi connectivity index (χ3v) is 5.17. The molecule has 2 aromatic rings. The Morgan fingerprint density at radius 1 is 0.967 bits per heavy atom. The number of aliphatic hydroxyl groups excluding tert-OH is 1. The van der Waals surface area contributed by atoms with Crippen molar-refractivity contribution >= 4 is 12.1 Å². The van der Waals surface area contributed by atoms with E-state index in [0.29, 0.717) is 16.8 Å². The fourth-order valence-electron chi connectivity index (χ4n) is 3.99. The second-order valence-electron chi connectivity index (χ2n) is 6.80. The zero-order valence-corrected chi connectivity index (χ0v) is 17.3. The van der Waals surface area contributed by atoms with Gasteiger partial charge in [-0.05, 0) is 31.9 Å². The number of carbonyl (C=O) groups excluding carboxylic acids is 2. The predicted molar refractivity (Wildman–Crippen MR) is 111 cm³/mol. The van der Waals surface area contributed by atoms with Crippen LogP contribution < -0.4 is 5.43 Å². The zero-order chi connectivity index (χ0) is 21.7. The van der Waals surface area contributed by atoms with E-state index in [2.05, 4.69) is 5.43 Å². The summed E-state index contributed by atoms with van der Waals surface area (Å²) in [6, 6.07) is 18.5. The second-order valence-corrected chi connectivity index (χ2v) is 6.80. The monoisotopic (exact) mass is 410 g/mol. The zero-order valence-electron chi connectivity index (χ0n) is 17.3. The molecule has 158 valence electrons. The van der Waals surface area contributed by atoms with E-state index in [4.69, 9.17) is 9.47 Å². The summed E-state index contributed by atoms with van der Waals surface area (Å²) in [5, 5.41) is 12.9. The van der Waals surface area contributed by atoms with Gasteiger partial charge in [-0.25, -0.2) is 15.0 Å². The molecule has 1 amide bonds. The van der Waals surface area contributed by atoms with Gasteiger partial charge in [-0.3, -0.25) is 5.01 Å². The van der Waals surface area contributed by atoms with Crippen molar-refractivity contribution in [2.24, 2.45) is 0 Å². The van der Waals surface area contributed by atoms with Crippen molar-refractivity contribution in [1.29, 1.82) is 0 Å². The lowest BCUT2D eigenvalue weighted by Crippen LogP contribution is -2.52. The van der Waals surface area contributed by atoms with Gasteiger partial charge in [0.1, 0.15) is 5.41 Å². The summed E-state index contributed by atoms with van der Waals surface area (Å²) in [5.41, 5.74) is 3.30. The van der Waals surface area contributed by atoms with Gasteiger partial charge < -0.3 is 14.6 Å². The maximum Gasteiger partial charge on any atom is 0.426 e. The average Bonchev–Trinajstić information content (AvgIpc) is 2.97. The van der Waals surface area contributed by atoms with Crippen molar-refractivity contribution in [3.8, 4) is 0 Å². The van der Waals surface area contributed by atoms with E-state index in [-0.39, 0.29) is 18.8 Å². The van der Waals surface area contributed by atoms with E-state index in [0.717, 1.165) is 0 Å². The van der Waals surface area contributed by atoms with E-state index in [9.17, 15) is 14.7 Å². The number of esters is 1. The van der Waals surface area contributed by atoms with Crippen LogP contribution in [0.15, 0.2) is 71.9 Å². The SMILES string of the molecule is CCOC(=O)NN1C(C)=C(C(=O)OCC)C(c2ccccc2)(c2ccccc2)C1O. The topological polar surface area (TPSA) is 88.1 Å². The number of nitrogens with one attached hydrogen (secondary N) is 1. The first kappa shape index (κ1) is 21.4. The minimum atomic E-state index is -1.31. The third-order valence-electron chi connectivity index (χ3n) is 5.17. The fourth-order valence-corrected chi connectivity index (χ4v) is 3.99. The Kier molecular flexibility index (Phi) is 6.42. The van der Waals surface area contributed by atoms with Gasteiger partial charge in [0.15, 0.2) is 6.23 Å². The van der Waals surface area contributed by atoms with Gasteiger partial charge in [-0.15, -0.1) is 0 Å². The lowest BCUT2D eigenvalue weighted by Gasteiger charge is -2.38. The highest BCUT2D eigenvalue weighted by atomic mass is 16.6. The van der Waals surface area contributed by atoms with Crippen LogP contribution in [0.5, 0.6) is 0 Å². The second kappa shape index (κ2) is 9.00. The van der Waals surface area contributed by atoms with Crippen molar-refractivity contribution in [1.82, 2.24) is 10.4 Å². The molecule has 0 saturated carbocycles. The first-order valence-corrected chi connectivity index (χ1v) is 9.88. The van der Waals surface area contributed by atoms with Crippen LogP contribution in [-0.2, 0) is 19.7 Å². The van der Waals surface area contributed by atoms with Gasteiger partial charge in [0.2, 0.25) is 0 Å². The number of hydrogen-bond acceptors (Lipinski definition) is 6. The molecule has 0 spiro atoms. The summed E-state index contributed by atoms with van der Waals surface area (Å²) in [6.45, 7) is 5.42. The highest BCUT2D eigenvalue weighted by Crippen LogP contribution is 2.50. The molecule has 0 radical (unpaired) electrons. The summed E-state index contributed by atoms with van der Waals surface area (Å²) in [7, 11) is 0. The van der Waals surface area contributed by atoms with Crippen LogP contribution in [0.3, 0.4) is 0 Å². The van der Waals surface area contributed by atoms with Gasteiger partial charge in [-0.2, -0.15) is 0 Å². The van der Waals surface area contributed by atoms with Crippen LogP contribution in [0.2, 0.25) is 0 Å². The summed E-state index contributed by atoms with van der Waals surface area (Å²) < 4.78 is 10.3. The first-order chi connectivity index (χ1) is 14.5. The molecule has 1 aliphatic rings. The normalized spacial score (nSPS) is 17.6. The molecular formula is C23H26N2O5. The number of hydrazine groups is 1. The Morgan fingerprint density at radius 3 is 1.93 bits per heavy atom. The predicted octanol–water partition coefficient (Wildman–Crippen LogP) is 3.10. The highest BCUT2D eigenvalue weighted by molar-refractivity contribution is 5.95. The number of rotatable bonds is 6. The van der Waals surface area contributed by atoms with Gasteiger partial charge in [0.25, 0.3) is 0 Å². The van der Waals surface area contributed by atoms with Crippen LogP contribution in [-0.4, -0.2) is 41.6 Å². The van der Waals surface area contributed by atoms with Crippen molar-refractivity contribution in [2.75, 3.05) is 13.2 Å². The molecule has 3 rings (SSSR count). The molecule has 30 heavy (non-hydrogen) atoms. The van der Waals surface area contributed by atoms with E-state index < -0.39 is 23.7 Å². The van der Waals surface area contributed by atoms with Crippen molar-refractivity contribution in [3.05, 3.63) is 83.1 Å².